The van der Waals surface area contributed by atoms with Crippen LogP contribution in [0.15, 0.2) is 243 Å². The predicted octanol–water partition coefficient (Wildman–Crippen LogP) is 16.8. The van der Waals surface area contributed by atoms with E-state index in [0.29, 0.717) is 5.82 Å². The fourth-order valence-corrected chi connectivity index (χ4v) is 9.45. The number of aromatic nitrogens is 2. The van der Waals surface area contributed by atoms with Gasteiger partial charge in [0.05, 0.1) is 11.4 Å². The molecular formula is C62H40N2. The highest BCUT2D eigenvalue weighted by atomic mass is 14.9. The van der Waals surface area contributed by atoms with E-state index in [9.17, 15) is 0 Å². The van der Waals surface area contributed by atoms with Crippen molar-refractivity contribution in [3.63, 3.8) is 0 Å². The van der Waals surface area contributed by atoms with Gasteiger partial charge in [-0.1, -0.05) is 206 Å². The van der Waals surface area contributed by atoms with Crippen molar-refractivity contribution in [2.24, 2.45) is 0 Å². The first-order valence-corrected chi connectivity index (χ1v) is 21.9. The maximum atomic E-state index is 5.56. The summed E-state index contributed by atoms with van der Waals surface area (Å²) in [7, 11) is 0. The molecule has 0 unspecified atom stereocenters. The van der Waals surface area contributed by atoms with E-state index in [-0.39, 0.29) is 0 Å². The van der Waals surface area contributed by atoms with E-state index >= 15 is 0 Å². The molecule has 0 aliphatic heterocycles. The van der Waals surface area contributed by atoms with Gasteiger partial charge in [-0.3, -0.25) is 0 Å². The average Bonchev–Trinajstić information content (AvgIpc) is 3.38. The van der Waals surface area contributed by atoms with E-state index in [1.807, 2.05) is 0 Å². The number of hydrogen-bond donors (Lipinski definition) is 0. The van der Waals surface area contributed by atoms with Crippen molar-refractivity contribution in [1.29, 1.82) is 0 Å². The minimum Gasteiger partial charge on any atom is -0.228 e. The lowest BCUT2D eigenvalue weighted by molar-refractivity contribution is 1.19. The fourth-order valence-electron chi connectivity index (χ4n) is 9.45. The van der Waals surface area contributed by atoms with Crippen LogP contribution in [0.2, 0.25) is 0 Å². The molecule has 0 spiro atoms. The van der Waals surface area contributed by atoms with Gasteiger partial charge in [0.2, 0.25) is 0 Å². The number of rotatable bonds is 7. The molecule has 0 saturated carbocycles. The van der Waals surface area contributed by atoms with Gasteiger partial charge in [0.25, 0.3) is 0 Å². The SMILES string of the molecule is c1ccc(-c2ccc(-c3cc(-c4ccc(-c5ccccc5)cc4)cc(-c4nc(-c5cc6ccccc6c6ccccc56)cc(-c5cc6ccccc6c6ccccc56)n4)c3)cc2)cc1. The molecule has 0 amide bonds. The zero-order chi connectivity index (χ0) is 42.4. The Balaban J connectivity index is 1.10. The summed E-state index contributed by atoms with van der Waals surface area (Å²) >= 11 is 0. The van der Waals surface area contributed by atoms with Crippen molar-refractivity contribution in [3.05, 3.63) is 243 Å². The van der Waals surface area contributed by atoms with Crippen molar-refractivity contribution in [2.75, 3.05) is 0 Å². The second kappa shape index (κ2) is 15.8. The predicted molar refractivity (Wildman–Crippen MR) is 270 cm³/mol. The molecule has 0 fully saturated rings. The second-order valence-electron chi connectivity index (χ2n) is 16.5. The van der Waals surface area contributed by atoms with Crippen LogP contribution in [0.3, 0.4) is 0 Å². The Bertz CT molecular complexity index is 3450. The standard InChI is InChI=1S/C62H40N2/c1-3-15-41(16-4-1)43-27-31-45(32-28-43)49-35-50(46-33-29-44(30-34-46)42-17-5-2-6-18-42)37-51(36-49)62-63-60(58-38-47-19-7-9-21-52(47)54-23-11-13-25-56(54)58)40-61(64-62)59-39-48-20-8-10-22-53(48)55-24-12-14-26-57(55)59/h1-40H. The zero-order valence-electron chi connectivity index (χ0n) is 35.0. The summed E-state index contributed by atoms with van der Waals surface area (Å²) in [4.78, 5) is 11.1. The molecule has 0 radical (unpaired) electrons. The van der Waals surface area contributed by atoms with Gasteiger partial charge in [-0.2, -0.15) is 0 Å². The molecule has 0 aliphatic carbocycles. The van der Waals surface area contributed by atoms with Crippen LogP contribution in [0.25, 0.3) is 122 Å². The molecule has 0 N–H and O–H groups in total. The molecule has 0 aliphatic rings. The van der Waals surface area contributed by atoms with Crippen LogP contribution in [-0.4, -0.2) is 9.97 Å². The molecule has 0 saturated heterocycles. The maximum absolute atomic E-state index is 5.56. The summed E-state index contributed by atoms with van der Waals surface area (Å²) in [6.07, 6.45) is 0. The van der Waals surface area contributed by atoms with E-state index in [2.05, 4.69) is 243 Å². The molecule has 298 valence electrons. The number of nitrogens with zero attached hydrogens (tertiary/aromatic N) is 2. The Hall–Kier alpha value is -8.46. The molecule has 0 bridgehead atoms. The van der Waals surface area contributed by atoms with Crippen LogP contribution in [0.5, 0.6) is 0 Å². The van der Waals surface area contributed by atoms with Crippen molar-refractivity contribution < 1.29 is 0 Å². The van der Waals surface area contributed by atoms with Gasteiger partial charge in [0.1, 0.15) is 0 Å². The maximum Gasteiger partial charge on any atom is 0.160 e. The van der Waals surface area contributed by atoms with Gasteiger partial charge in [-0.05, 0) is 124 Å². The fraction of sp³-hybridized carbons (Fsp3) is 0. The van der Waals surface area contributed by atoms with Gasteiger partial charge in [-0.15, -0.1) is 0 Å². The largest absolute Gasteiger partial charge is 0.228 e. The molecule has 1 heterocycles. The van der Waals surface area contributed by atoms with Gasteiger partial charge in [0.15, 0.2) is 5.82 Å². The van der Waals surface area contributed by atoms with Gasteiger partial charge < -0.3 is 0 Å². The summed E-state index contributed by atoms with van der Waals surface area (Å²) in [6, 6.07) is 87.3. The first-order valence-electron chi connectivity index (χ1n) is 21.9. The van der Waals surface area contributed by atoms with Crippen molar-refractivity contribution in [3.8, 4) is 78.4 Å². The lowest BCUT2D eigenvalue weighted by atomic mass is 9.92. The minimum atomic E-state index is 0.673. The van der Waals surface area contributed by atoms with E-state index in [1.54, 1.807) is 0 Å². The summed E-state index contributed by atoms with van der Waals surface area (Å²) < 4.78 is 0. The zero-order valence-corrected chi connectivity index (χ0v) is 35.0. The molecule has 12 aromatic rings. The smallest absolute Gasteiger partial charge is 0.160 e. The molecular weight excluding hydrogens is 773 g/mol. The molecule has 0 atom stereocenters. The number of fused-ring (bicyclic) bond motifs is 6. The van der Waals surface area contributed by atoms with Crippen LogP contribution in [0, 0.1) is 0 Å². The van der Waals surface area contributed by atoms with Crippen molar-refractivity contribution >= 4 is 43.1 Å². The first-order chi connectivity index (χ1) is 31.7. The van der Waals surface area contributed by atoms with E-state index in [0.717, 1.165) is 61.1 Å². The lowest BCUT2D eigenvalue weighted by Gasteiger charge is -2.16. The normalized spacial score (nSPS) is 11.4. The van der Waals surface area contributed by atoms with Gasteiger partial charge >= 0.3 is 0 Å². The highest BCUT2D eigenvalue weighted by molar-refractivity contribution is 6.15. The van der Waals surface area contributed by atoms with Gasteiger partial charge in [0, 0.05) is 16.7 Å². The lowest BCUT2D eigenvalue weighted by Crippen LogP contribution is -1.98. The highest BCUT2D eigenvalue weighted by Gasteiger charge is 2.18. The first kappa shape index (κ1) is 37.3. The monoisotopic (exact) mass is 812 g/mol. The third-order valence-electron chi connectivity index (χ3n) is 12.7. The molecule has 2 nitrogen and oxygen atoms in total. The summed E-state index contributed by atoms with van der Waals surface area (Å²) in [5, 5.41) is 9.54. The average molecular weight is 813 g/mol. The van der Waals surface area contributed by atoms with Crippen molar-refractivity contribution in [2.45, 2.75) is 0 Å². The van der Waals surface area contributed by atoms with Crippen molar-refractivity contribution in [1.82, 2.24) is 9.97 Å². The molecule has 1 aromatic heterocycles. The molecule has 64 heavy (non-hydrogen) atoms. The van der Waals surface area contributed by atoms with Crippen LogP contribution in [0.1, 0.15) is 0 Å². The van der Waals surface area contributed by atoms with Crippen LogP contribution >= 0.6 is 0 Å². The summed E-state index contributed by atoms with van der Waals surface area (Å²) in [5.41, 5.74) is 14.1. The third kappa shape index (κ3) is 6.79. The molecule has 11 aromatic carbocycles. The summed E-state index contributed by atoms with van der Waals surface area (Å²) in [6.45, 7) is 0. The van der Waals surface area contributed by atoms with Gasteiger partial charge in [-0.25, -0.2) is 9.97 Å². The van der Waals surface area contributed by atoms with E-state index in [4.69, 9.17) is 9.97 Å². The second-order valence-corrected chi connectivity index (χ2v) is 16.5. The molecule has 12 rings (SSSR count). The summed E-state index contributed by atoms with van der Waals surface area (Å²) in [5.74, 6) is 0.673. The third-order valence-corrected chi connectivity index (χ3v) is 12.7. The van der Waals surface area contributed by atoms with Crippen LogP contribution in [-0.2, 0) is 0 Å². The number of benzene rings is 11. The van der Waals surface area contributed by atoms with E-state index in [1.165, 1.54) is 54.6 Å². The Morgan fingerprint density at radius 3 is 0.938 bits per heavy atom. The number of hydrogen-bond acceptors (Lipinski definition) is 2. The quantitative estimate of drug-likeness (QED) is 0.150. The Morgan fingerprint density at radius 2 is 0.516 bits per heavy atom. The van der Waals surface area contributed by atoms with Crippen LogP contribution in [0.4, 0.5) is 0 Å². The van der Waals surface area contributed by atoms with E-state index < -0.39 is 0 Å². The highest BCUT2D eigenvalue weighted by Crippen LogP contribution is 2.41. The minimum absolute atomic E-state index is 0.673. The Labute approximate surface area is 372 Å². The Kier molecular flexibility index (Phi) is 9.20. The topological polar surface area (TPSA) is 25.8 Å². The Morgan fingerprint density at radius 1 is 0.203 bits per heavy atom. The van der Waals surface area contributed by atoms with Crippen LogP contribution < -0.4 is 0 Å². The molecule has 2 heteroatoms.